The van der Waals surface area contributed by atoms with Crippen LogP contribution in [0.2, 0.25) is 0 Å². The summed E-state index contributed by atoms with van der Waals surface area (Å²) >= 11 is 0. The zero-order valence-corrected chi connectivity index (χ0v) is 13.3. The van der Waals surface area contributed by atoms with Gasteiger partial charge in [-0.2, -0.15) is 0 Å². The van der Waals surface area contributed by atoms with Gasteiger partial charge >= 0.3 is 6.01 Å². The average Bonchev–Trinajstić information content (AvgIpc) is 2.49. The van der Waals surface area contributed by atoms with E-state index in [1.165, 1.54) is 31.6 Å². The van der Waals surface area contributed by atoms with E-state index in [0.717, 1.165) is 5.56 Å². The number of hydrogen-bond donors (Lipinski definition) is 1. The molecule has 118 valence electrons. The van der Waals surface area contributed by atoms with E-state index in [0.29, 0.717) is 12.4 Å². The molecule has 0 aliphatic rings. The van der Waals surface area contributed by atoms with Crippen LogP contribution in [0.4, 0.5) is 5.69 Å². The molecule has 7 nitrogen and oxygen atoms in total. The van der Waals surface area contributed by atoms with E-state index in [-0.39, 0.29) is 16.6 Å². The number of nitrogens with zero attached hydrogens (tertiary/aromatic N) is 2. The largest absolute Gasteiger partial charge is 0.496 e. The number of methoxy groups -OCH3 is 1. The molecule has 1 aromatic carbocycles. The third kappa shape index (κ3) is 3.64. The Morgan fingerprint density at radius 1 is 1.23 bits per heavy atom. The number of anilines is 1. The molecule has 2 aromatic rings. The first kappa shape index (κ1) is 16.0. The fourth-order valence-corrected chi connectivity index (χ4v) is 2.92. The van der Waals surface area contributed by atoms with Crippen molar-refractivity contribution in [1.29, 1.82) is 0 Å². The number of rotatable bonds is 6. The van der Waals surface area contributed by atoms with Crippen molar-refractivity contribution in [3.63, 3.8) is 0 Å². The maximum absolute atomic E-state index is 12.3. The maximum atomic E-state index is 12.3. The Bertz CT molecular complexity index is 745. The fourth-order valence-electron chi connectivity index (χ4n) is 1.80. The van der Waals surface area contributed by atoms with Gasteiger partial charge in [-0.1, -0.05) is 0 Å². The molecule has 1 N–H and O–H groups in total. The van der Waals surface area contributed by atoms with Gasteiger partial charge in [0.2, 0.25) is 0 Å². The molecule has 0 amide bonds. The molecular formula is C14H17N3O4S. The van der Waals surface area contributed by atoms with Crippen LogP contribution < -0.4 is 14.2 Å². The summed E-state index contributed by atoms with van der Waals surface area (Å²) in [5, 5.41) is 0. The topological polar surface area (TPSA) is 90.4 Å². The molecule has 2 rings (SSSR count). The monoisotopic (exact) mass is 323 g/mol. The summed E-state index contributed by atoms with van der Waals surface area (Å²) in [6, 6.07) is 4.82. The van der Waals surface area contributed by atoms with Crippen molar-refractivity contribution < 1.29 is 17.9 Å². The van der Waals surface area contributed by atoms with Crippen LogP contribution in [-0.4, -0.2) is 32.1 Å². The van der Waals surface area contributed by atoms with Crippen molar-refractivity contribution >= 4 is 15.7 Å². The molecule has 0 atom stereocenters. The summed E-state index contributed by atoms with van der Waals surface area (Å²) in [5.74, 6) is 0.628. The first-order valence-corrected chi connectivity index (χ1v) is 8.07. The van der Waals surface area contributed by atoms with Crippen molar-refractivity contribution in [3.8, 4) is 11.8 Å². The number of benzene rings is 1. The number of aryl methyl sites for hydroxylation is 1. The molecule has 0 unspecified atom stereocenters. The Labute approximate surface area is 129 Å². The van der Waals surface area contributed by atoms with E-state index in [9.17, 15) is 8.42 Å². The fraction of sp³-hybridized carbons (Fsp3) is 0.286. The highest BCUT2D eigenvalue weighted by molar-refractivity contribution is 7.92. The van der Waals surface area contributed by atoms with E-state index >= 15 is 0 Å². The van der Waals surface area contributed by atoms with Gasteiger partial charge in [0.1, 0.15) is 5.75 Å². The molecule has 0 saturated carbocycles. The molecule has 0 fully saturated rings. The smallest absolute Gasteiger partial charge is 0.316 e. The summed E-state index contributed by atoms with van der Waals surface area (Å²) < 4.78 is 37.3. The summed E-state index contributed by atoms with van der Waals surface area (Å²) in [4.78, 5) is 7.96. The molecule has 0 aliphatic carbocycles. The third-order valence-electron chi connectivity index (χ3n) is 2.83. The normalized spacial score (nSPS) is 11.0. The second kappa shape index (κ2) is 6.61. The first-order chi connectivity index (χ1) is 10.5. The Morgan fingerprint density at radius 3 is 2.45 bits per heavy atom. The minimum Gasteiger partial charge on any atom is -0.496 e. The number of ether oxygens (including phenoxy) is 2. The molecule has 0 saturated heterocycles. The molecule has 0 aliphatic heterocycles. The van der Waals surface area contributed by atoms with Crippen LogP contribution in [0.1, 0.15) is 12.5 Å². The zero-order valence-electron chi connectivity index (χ0n) is 12.5. The summed E-state index contributed by atoms with van der Waals surface area (Å²) in [5.41, 5.74) is 0.991. The molecule has 22 heavy (non-hydrogen) atoms. The van der Waals surface area contributed by atoms with Crippen molar-refractivity contribution in [2.45, 2.75) is 18.7 Å². The summed E-state index contributed by atoms with van der Waals surface area (Å²) in [7, 11) is -2.18. The lowest BCUT2D eigenvalue weighted by molar-refractivity contribution is 0.312. The second-order valence-corrected chi connectivity index (χ2v) is 6.11. The van der Waals surface area contributed by atoms with Gasteiger partial charge in [0.05, 0.1) is 36.7 Å². The molecule has 1 heterocycles. The molecule has 0 bridgehead atoms. The van der Waals surface area contributed by atoms with Crippen LogP contribution in [0.25, 0.3) is 0 Å². The predicted molar refractivity (Wildman–Crippen MR) is 81.7 cm³/mol. The van der Waals surface area contributed by atoms with E-state index in [4.69, 9.17) is 9.47 Å². The third-order valence-corrected chi connectivity index (χ3v) is 4.21. The summed E-state index contributed by atoms with van der Waals surface area (Å²) in [6.45, 7) is 4.03. The highest BCUT2D eigenvalue weighted by atomic mass is 32.2. The SMILES string of the molecule is CCOc1ncc(NS(=O)(=O)c2ccc(OC)c(C)c2)cn1. The predicted octanol–water partition coefficient (Wildman–Crippen LogP) is 1.99. The van der Waals surface area contributed by atoms with E-state index in [1.807, 2.05) is 6.92 Å². The van der Waals surface area contributed by atoms with E-state index in [2.05, 4.69) is 14.7 Å². The van der Waals surface area contributed by atoms with Gasteiger partial charge in [0.25, 0.3) is 10.0 Å². The van der Waals surface area contributed by atoms with Gasteiger partial charge in [0, 0.05) is 0 Å². The second-order valence-electron chi connectivity index (χ2n) is 4.42. The van der Waals surface area contributed by atoms with E-state index in [1.54, 1.807) is 13.0 Å². The number of sulfonamides is 1. The number of hydrogen-bond acceptors (Lipinski definition) is 6. The average molecular weight is 323 g/mol. The Balaban J connectivity index is 2.21. The molecular weight excluding hydrogens is 306 g/mol. The highest BCUT2D eigenvalue weighted by Crippen LogP contribution is 2.23. The Morgan fingerprint density at radius 2 is 1.91 bits per heavy atom. The van der Waals surface area contributed by atoms with Crippen LogP contribution in [0.5, 0.6) is 11.8 Å². The minimum atomic E-state index is -3.71. The first-order valence-electron chi connectivity index (χ1n) is 6.58. The Kier molecular flexibility index (Phi) is 4.81. The standard InChI is InChI=1S/C14H17N3O4S/c1-4-21-14-15-8-11(9-16-14)17-22(18,19)12-5-6-13(20-3)10(2)7-12/h5-9,17H,4H2,1-3H3. The van der Waals surface area contributed by atoms with Gasteiger partial charge in [-0.3, -0.25) is 4.72 Å². The lowest BCUT2D eigenvalue weighted by atomic mass is 10.2. The number of aromatic nitrogens is 2. The lowest BCUT2D eigenvalue weighted by Gasteiger charge is -2.10. The minimum absolute atomic E-state index is 0.139. The van der Waals surface area contributed by atoms with Gasteiger partial charge < -0.3 is 9.47 Å². The Hall–Kier alpha value is -2.35. The maximum Gasteiger partial charge on any atom is 0.316 e. The van der Waals surface area contributed by atoms with Gasteiger partial charge in [0.15, 0.2) is 0 Å². The van der Waals surface area contributed by atoms with Crippen LogP contribution >= 0.6 is 0 Å². The van der Waals surface area contributed by atoms with E-state index < -0.39 is 10.0 Å². The zero-order chi connectivity index (χ0) is 16.2. The van der Waals surface area contributed by atoms with Gasteiger partial charge in [-0.25, -0.2) is 18.4 Å². The van der Waals surface area contributed by atoms with Gasteiger partial charge in [-0.05, 0) is 37.6 Å². The molecule has 0 spiro atoms. The van der Waals surface area contributed by atoms with Gasteiger partial charge in [-0.15, -0.1) is 0 Å². The molecule has 1 aromatic heterocycles. The van der Waals surface area contributed by atoms with Crippen molar-refractivity contribution in [3.05, 3.63) is 36.2 Å². The summed E-state index contributed by atoms with van der Waals surface area (Å²) in [6.07, 6.45) is 2.71. The van der Waals surface area contributed by atoms with Crippen molar-refractivity contribution in [2.75, 3.05) is 18.4 Å². The molecule has 8 heteroatoms. The van der Waals surface area contributed by atoms with Crippen molar-refractivity contribution in [1.82, 2.24) is 9.97 Å². The highest BCUT2D eigenvalue weighted by Gasteiger charge is 2.16. The molecule has 0 radical (unpaired) electrons. The van der Waals surface area contributed by atoms with Crippen LogP contribution in [0.15, 0.2) is 35.5 Å². The van der Waals surface area contributed by atoms with Crippen LogP contribution in [0.3, 0.4) is 0 Å². The van der Waals surface area contributed by atoms with Crippen LogP contribution in [0, 0.1) is 6.92 Å². The lowest BCUT2D eigenvalue weighted by Crippen LogP contribution is -2.13. The van der Waals surface area contributed by atoms with Crippen LogP contribution in [-0.2, 0) is 10.0 Å². The quantitative estimate of drug-likeness (QED) is 0.874. The number of nitrogens with one attached hydrogen (secondary N) is 1. The van der Waals surface area contributed by atoms with Crippen molar-refractivity contribution in [2.24, 2.45) is 0 Å².